The molecule has 1 atom stereocenters. The Labute approximate surface area is 82.7 Å². The summed E-state index contributed by atoms with van der Waals surface area (Å²) in [4.78, 5) is 11.5. The Hall–Kier alpha value is -0.690. The van der Waals surface area contributed by atoms with Crippen LogP contribution in [-0.2, 0) is 9.53 Å². The van der Waals surface area contributed by atoms with Gasteiger partial charge in [-0.25, -0.2) is 0 Å². The summed E-state index contributed by atoms with van der Waals surface area (Å²) in [5.74, 6) is 0. The fourth-order valence-electron chi connectivity index (χ4n) is 1.08. The molecule has 14 heavy (non-hydrogen) atoms. The van der Waals surface area contributed by atoms with Crippen molar-refractivity contribution in [3.05, 3.63) is 0 Å². The third-order valence-electron chi connectivity index (χ3n) is 1.66. The van der Waals surface area contributed by atoms with Crippen LogP contribution >= 0.6 is 0 Å². The van der Waals surface area contributed by atoms with E-state index in [9.17, 15) is 9.90 Å². The van der Waals surface area contributed by atoms with Crippen LogP contribution in [0.1, 0.15) is 0 Å². The molecule has 0 fully saturated rings. The van der Waals surface area contributed by atoms with Crippen LogP contribution in [0.5, 0.6) is 0 Å². The molecule has 0 saturated heterocycles. The predicted octanol–water partition coefficient (Wildman–Crippen LogP) is -2.19. The zero-order valence-electron chi connectivity index (χ0n) is 8.00. The topological polar surface area (TPSA) is 90.2 Å². The van der Waals surface area contributed by atoms with Crippen molar-refractivity contribution in [2.24, 2.45) is 0 Å². The van der Waals surface area contributed by atoms with Gasteiger partial charge in [0.2, 0.25) is 0 Å². The molecule has 0 aromatic heterocycles. The lowest BCUT2D eigenvalue weighted by Crippen LogP contribution is -2.38. The molecule has 0 amide bonds. The van der Waals surface area contributed by atoms with Crippen LogP contribution in [0.15, 0.2) is 0 Å². The largest absolute Gasteiger partial charge is 0.465 e. The van der Waals surface area contributed by atoms with Crippen molar-refractivity contribution in [3.8, 4) is 0 Å². The normalized spacial score (nSPS) is 12.9. The molecule has 6 nitrogen and oxygen atoms in total. The SMILES string of the molecule is O=COCC(O)CN(CCO)CCO. The number of nitrogens with zero attached hydrogens (tertiary/aromatic N) is 1. The molecule has 0 aromatic rings. The molecule has 0 saturated carbocycles. The lowest BCUT2D eigenvalue weighted by molar-refractivity contribution is -0.131. The molecule has 0 aliphatic rings. The van der Waals surface area contributed by atoms with Gasteiger partial charge >= 0.3 is 0 Å². The van der Waals surface area contributed by atoms with Gasteiger partial charge in [-0.3, -0.25) is 9.69 Å². The Morgan fingerprint density at radius 3 is 2.29 bits per heavy atom. The lowest BCUT2D eigenvalue weighted by atomic mass is 10.3. The predicted molar refractivity (Wildman–Crippen MR) is 48.6 cm³/mol. The van der Waals surface area contributed by atoms with Gasteiger partial charge < -0.3 is 20.1 Å². The van der Waals surface area contributed by atoms with Gasteiger partial charge in [0.15, 0.2) is 0 Å². The number of ether oxygens (including phenoxy) is 1. The van der Waals surface area contributed by atoms with E-state index in [1.165, 1.54) is 0 Å². The quantitative estimate of drug-likeness (QED) is 0.372. The maximum absolute atomic E-state index is 9.82. The Morgan fingerprint density at radius 1 is 1.29 bits per heavy atom. The summed E-state index contributed by atoms with van der Waals surface area (Å²) in [6.45, 7) is 1.12. The van der Waals surface area contributed by atoms with E-state index >= 15 is 0 Å². The molecule has 3 N–H and O–H groups in total. The highest BCUT2D eigenvalue weighted by Gasteiger charge is 2.10. The molecular weight excluding hydrogens is 190 g/mol. The Kier molecular flexibility index (Phi) is 8.45. The number of carbonyl (C=O) groups excluding carboxylic acids is 1. The summed E-state index contributed by atoms with van der Waals surface area (Å²) in [6, 6.07) is 0. The van der Waals surface area contributed by atoms with Crippen LogP contribution in [0.25, 0.3) is 0 Å². The van der Waals surface area contributed by atoms with Gasteiger partial charge in [0.05, 0.1) is 13.2 Å². The molecular formula is C8H17NO5. The molecule has 0 radical (unpaired) electrons. The fraction of sp³-hybridized carbons (Fsp3) is 0.875. The van der Waals surface area contributed by atoms with Crippen LogP contribution in [0, 0.1) is 0 Å². The van der Waals surface area contributed by atoms with Crippen LogP contribution in [0.4, 0.5) is 0 Å². The Bertz CT molecular complexity index is 138. The second-order valence-electron chi connectivity index (χ2n) is 2.83. The summed E-state index contributed by atoms with van der Waals surface area (Å²) in [5, 5.41) is 26.6. The van der Waals surface area contributed by atoms with E-state index < -0.39 is 6.10 Å². The van der Waals surface area contributed by atoms with E-state index in [0.717, 1.165) is 0 Å². The van der Waals surface area contributed by atoms with E-state index in [-0.39, 0.29) is 32.8 Å². The Morgan fingerprint density at radius 2 is 1.86 bits per heavy atom. The highest BCUT2D eigenvalue weighted by atomic mass is 16.5. The van der Waals surface area contributed by atoms with E-state index in [0.29, 0.717) is 13.1 Å². The third-order valence-corrected chi connectivity index (χ3v) is 1.66. The fourth-order valence-corrected chi connectivity index (χ4v) is 1.08. The summed E-state index contributed by atoms with van der Waals surface area (Å²) in [5.41, 5.74) is 0. The molecule has 1 unspecified atom stereocenters. The van der Waals surface area contributed by atoms with E-state index in [2.05, 4.69) is 4.74 Å². The van der Waals surface area contributed by atoms with Crippen molar-refractivity contribution in [1.29, 1.82) is 0 Å². The van der Waals surface area contributed by atoms with Gasteiger partial charge in [0.25, 0.3) is 6.47 Å². The maximum atomic E-state index is 9.82. The first-order chi connectivity index (χ1) is 6.74. The number of carbonyl (C=O) groups is 1. The second kappa shape index (κ2) is 8.89. The molecule has 0 aliphatic carbocycles. The second-order valence-corrected chi connectivity index (χ2v) is 2.83. The monoisotopic (exact) mass is 207 g/mol. The van der Waals surface area contributed by atoms with E-state index in [1.54, 1.807) is 4.90 Å². The van der Waals surface area contributed by atoms with Crippen molar-refractivity contribution >= 4 is 6.47 Å². The van der Waals surface area contributed by atoms with Crippen molar-refractivity contribution in [3.63, 3.8) is 0 Å². The van der Waals surface area contributed by atoms with Crippen molar-refractivity contribution in [1.82, 2.24) is 4.90 Å². The van der Waals surface area contributed by atoms with Gasteiger partial charge in [0, 0.05) is 19.6 Å². The van der Waals surface area contributed by atoms with Gasteiger partial charge in [-0.2, -0.15) is 0 Å². The summed E-state index contributed by atoms with van der Waals surface area (Å²) in [7, 11) is 0. The molecule has 0 rings (SSSR count). The lowest BCUT2D eigenvalue weighted by Gasteiger charge is -2.22. The first kappa shape index (κ1) is 13.3. The smallest absolute Gasteiger partial charge is 0.293 e. The average molecular weight is 207 g/mol. The first-order valence-electron chi connectivity index (χ1n) is 4.42. The molecule has 6 heteroatoms. The minimum Gasteiger partial charge on any atom is -0.465 e. The highest BCUT2D eigenvalue weighted by Crippen LogP contribution is 1.92. The van der Waals surface area contributed by atoms with E-state index in [1.807, 2.05) is 0 Å². The molecule has 0 bridgehead atoms. The molecule has 0 aromatic carbocycles. The number of hydrogen-bond acceptors (Lipinski definition) is 6. The highest BCUT2D eigenvalue weighted by molar-refractivity contribution is 5.36. The summed E-state index contributed by atoms with van der Waals surface area (Å²) < 4.78 is 4.37. The van der Waals surface area contributed by atoms with Crippen LogP contribution in [0.2, 0.25) is 0 Å². The molecule has 84 valence electrons. The zero-order valence-corrected chi connectivity index (χ0v) is 8.00. The Balaban J connectivity index is 3.69. The zero-order chi connectivity index (χ0) is 10.8. The number of aliphatic hydroxyl groups excluding tert-OH is 3. The third kappa shape index (κ3) is 6.79. The first-order valence-corrected chi connectivity index (χ1v) is 4.42. The molecule has 0 spiro atoms. The van der Waals surface area contributed by atoms with Crippen molar-refractivity contribution in [2.75, 3.05) is 39.5 Å². The summed E-state index contributed by atoms with van der Waals surface area (Å²) >= 11 is 0. The van der Waals surface area contributed by atoms with Crippen LogP contribution in [-0.4, -0.2) is 72.3 Å². The molecule has 0 heterocycles. The van der Waals surface area contributed by atoms with Crippen LogP contribution in [0.3, 0.4) is 0 Å². The summed E-state index contributed by atoms with van der Waals surface area (Å²) in [6.07, 6.45) is -0.793. The van der Waals surface area contributed by atoms with Gasteiger partial charge in [0.1, 0.15) is 12.7 Å². The van der Waals surface area contributed by atoms with E-state index in [4.69, 9.17) is 10.2 Å². The van der Waals surface area contributed by atoms with Crippen molar-refractivity contribution in [2.45, 2.75) is 6.10 Å². The number of hydrogen-bond donors (Lipinski definition) is 3. The van der Waals surface area contributed by atoms with Gasteiger partial charge in [-0.1, -0.05) is 0 Å². The average Bonchev–Trinajstić information content (AvgIpc) is 2.15. The van der Waals surface area contributed by atoms with Crippen LogP contribution < -0.4 is 0 Å². The minimum atomic E-state index is -0.793. The molecule has 0 aliphatic heterocycles. The standard InChI is InChI=1S/C8H17NO5/c10-3-1-9(2-4-11)5-8(13)6-14-7-12/h7-8,10-11,13H,1-6H2. The minimum absolute atomic E-state index is 0.0404. The van der Waals surface area contributed by atoms with Gasteiger partial charge in [-0.15, -0.1) is 0 Å². The number of aliphatic hydroxyl groups is 3. The van der Waals surface area contributed by atoms with Gasteiger partial charge in [-0.05, 0) is 0 Å². The van der Waals surface area contributed by atoms with Crippen molar-refractivity contribution < 1.29 is 24.9 Å². The maximum Gasteiger partial charge on any atom is 0.293 e. The number of rotatable bonds is 9.